The molecule has 0 unspecified atom stereocenters. The van der Waals surface area contributed by atoms with Crippen LogP contribution in [0.5, 0.6) is 0 Å². The molecule has 4 aromatic rings. The van der Waals surface area contributed by atoms with Gasteiger partial charge in [-0.05, 0) is 86.8 Å². The Morgan fingerprint density at radius 2 is 1.37 bits per heavy atom. The third-order valence-electron chi connectivity index (χ3n) is 13.6. The van der Waals surface area contributed by atoms with Crippen molar-refractivity contribution < 1.29 is 13.2 Å². The van der Waals surface area contributed by atoms with Crippen LogP contribution in [0.1, 0.15) is 47.1 Å². The van der Waals surface area contributed by atoms with Crippen molar-refractivity contribution in [2.45, 2.75) is 59.7 Å². The van der Waals surface area contributed by atoms with Crippen LogP contribution in [0.25, 0.3) is 0 Å². The molecular formula is C42H48N6O3S. The number of nitrogens with zero attached hydrogens (tertiary/aromatic N) is 5. The SMILES string of the molecule is Cc1ccc(S(=O)(=O)N(C)CC[C@]2(c3cccc4c3N[C@H]3N(C)CC[C@@]43[C@@]34CCN(C)[C@@H]3N(C)c3ccccc34)C(=O)N(C)c3ccccc32)cc1. The molecule has 5 atom stereocenters. The van der Waals surface area contributed by atoms with E-state index in [1.54, 1.807) is 24.1 Å². The average molecular weight is 717 g/mol. The van der Waals surface area contributed by atoms with Crippen LogP contribution in [-0.2, 0) is 31.1 Å². The van der Waals surface area contributed by atoms with Gasteiger partial charge in [0.25, 0.3) is 0 Å². The highest BCUT2D eigenvalue weighted by Gasteiger charge is 2.72. The number of carbonyl (C=O) groups excluding carboxylic acids is 1. The molecule has 5 heterocycles. The van der Waals surface area contributed by atoms with Crippen molar-refractivity contribution in [1.29, 1.82) is 0 Å². The van der Waals surface area contributed by atoms with Gasteiger partial charge in [0, 0.05) is 68.7 Å². The van der Waals surface area contributed by atoms with Gasteiger partial charge in [-0.25, -0.2) is 12.7 Å². The number of para-hydroxylation sites is 3. The Bertz CT molecular complexity index is 2230. The summed E-state index contributed by atoms with van der Waals surface area (Å²) in [6, 6.07) is 30.6. The molecule has 0 aliphatic carbocycles. The molecule has 0 aromatic heterocycles. The van der Waals surface area contributed by atoms with Crippen molar-refractivity contribution in [1.82, 2.24) is 14.1 Å². The number of likely N-dealkylation sites (tertiary alicyclic amines) is 2. The number of fused-ring (bicyclic) bond motifs is 8. The third kappa shape index (κ3) is 4.04. The molecule has 2 saturated heterocycles. The maximum absolute atomic E-state index is 15.0. The molecule has 270 valence electrons. The molecule has 1 amide bonds. The van der Waals surface area contributed by atoms with Gasteiger partial charge in [-0.3, -0.25) is 14.6 Å². The summed E-state index contributed by atoms with van der Waals surface area (Å²) in [5.41, 5.74) is 7.13. The van der Waals surface area contributed by atoms with Gasteiger partial charge in [-0.2, -0.15) is 0 Å². The van der Waals surface area contributed by atoms with E-state index < -0.39 is 15.4 Å². The number of likely N-dealkylation sites (N-methyl/N-ethyl adjacent to an activating group) is 4. The number of aryl methyl sites for hydroxylation is 1. The van der Waals surface area contributed by atoms with Crippen LogP contribution in [0, 0.1) is 6.92 Å². The fraction of sp³-hybridized carbons (Fsp3) is 0.405. The van der Waals surface area contributed by atoms with E-state index in [1.165, 1.54) is 21.1 Å². The van der Waals surface area contributed by atoms with Crippen molar-refractivity contribution in [3.63, 3.8) is 0 Å². The second-order valence-electron chi connectivity index (χ2n) is 15.9. The molecule has 9 rings (SSSR count). The van der Waals surface area contributed by atoms with Crippen molar-refractivity contribution in [3.8, 4) is 0 Å². The van der Waals surface area contributed by atoms with Crippen LogP contribution in [-0.4, -0.2) is 95.6 Å². The Hall–Kier alpha value is -4.22. The summed E-state index contributed by atoms with van der Waals surface area (Å²) in [4.78, 5) is 24.6. The zero-order valence-corrected chi connectivity index (χ0v) is 31.7. The van der Waals surface area contributed by atoms with Gasteiger partial charge in [0.15, 0.2) is 0 Å². The highest BCUT2D eigenvalue weighted by Crippen LogP contribution is 2.68. The summed E-state index contributed by atoms with van der Waals surface area (Å²) in [6.45, 7) is 4.07. The molecule has 0 saturated carbocycles. The number of amides is 1. The smallest absolute Gasteiger partial charge is 0.242 e. The lowest BCUT2D eigenvalue weighted by atomic mass is 9.54. The molecule has 5 aliphatic rings. The Balaban J connectivity index is 1.23. The summed E-state index contributed by atoms with van der Waals surface area (Å²) in [6.07, 6.45) is 2.51. The van der Waals surface area contributed by atoms with Gasteiger partial charge >= 0.3 is 0 Å². The minimum Gasteiger partial charge on any atom is -0.368 e. The topological polar surface area (TPSA) is 79.4 Å². The Morgan fingerprint density at radius 1 is 0.750 bits per heavy atom. The maximum atomic E-state index is 15.0. The van der Waals surface area contributed by atoms with Gasteiger partial charge < -0.3 is 15.1 Å². The molecule has 5 aliphatic heterocycles. The summed E-state index contributed by atoms with van der Waals surface area (Å²) < 4.78 is 29.2. The first kappa shape index (κ1) is 33.6. The number of sulfonamides is 1. The van der Waals surface area contributed by atoms with E-state index in [0.29, 0.717) is 6.42 Å². The van der Waals surface area contributed by atoms with Crippen LogP contribution in [0.2, 0.25) is 0 Å². The first-order chi connectivity index (χ1) is 24.9. The normalized spacial score (nSPS) is 29.3. The fourth-order valence-corrected chi connectivity index (χ4v) is 12.4. The van der Waals surface area contributed by atoms with Crippen LogP contribution in [0.15, 0.2) is 95.9 Å². The van der Waals surface area contributed by atoms with Crippen LogP contribution in [0.4, 0.5) is 17.1 Å². The summed E-state index contributed by atoms with van der Waals surface area (Å²) in [7, 11) is 6.42. The standard InChI is InChI=1S/C42H48N6O3S/c1-28-18-20-29(21-19-28)52(50,51)46(4)27-22-40(30-12-7-9-16-34(30)48(6)39(40)49)32-14-11-15-33-36(32)43-37-41(33,23-25-44(37)2)42-24-26-45(3)38(42)47(5)35-17-10-8-13-31(35)42/h7-21,37-38,43H,22-27H2,1-6H3/t37-,38+,40-,41+,42+/m0/s1. The van der Waals surface area contributed by atoms with E-state index >= 15 is 4.79 Å². The highest BCUT2D eigenvalue weighted by atomic mass is 32.2. The average Bonchev–Trinajstić information content (AvgIpc) is 3.90. The molecule has 9 nitrogen and oxygen atoms in total. The molecular weight excluding hydrogens is 669 g/mol. The summed E-state index contributed by atoms with van der Waals surface area (Å²) in [5.74, 6) is -0.0351. The van der Waals surface area contributed by atoms with Gasteiger partial charge in [0.2, 0.25) is 15.9 Å². The predicted molar refractivity (Wildman–Crippen MR) is 207 cm³/mol. The monoisotopic (exact) mass is 716 g/mol. The lowest BCUT2D eigenvalue weighted by Crippen LogP contribution is -2.61. The van der Waals surface area contributed by atoms with Crippen molar-refractivity contribution in [2.75, 3.05) is 70.0 Å². The molecule has 4 aromatic carbocycles. The largest absolute Gasteiger partial charge is 0.368 e. The molecule has 0 bridgehead atoms. The van der Waals surface area contributed by atoms with Crippen LogP contribution >= 0.6 is 0 Å². The Morgan fingerprint density at radius 3 is 2.12 bits per heavy atom. The second-order valence-corrected chi connectivity index (χ2v) is 17.9. The van der Waals surface area contributed by atoms with E-state index in [9.17, 15) is 8.42 Å². The van der Waals surface area contributed by atoms with Crippen LogP contribution in [0.3, 0.4) is 0 Å². The van der Waals surface area contributed by atoms with Gasteiger partial charge in [-0.15, -0.1) is 0 Å². The van der Waals surface area contributed by atoms with E-state index in [-0.39, 0.29) is 40.5 Å². The summed E-state index contributed by atoms with van der Waals surface area (Å²) in [5, 5.41) is 4.10. The molecule has 10 heteroatoms. The first-order valence-electron chi connectivity index (χ1n) is 18.5. The van der Waals surface area contributed by atoms with E-state index in [0.717, 1.165) is 54.0 Å². The molecule has 2 fully saturated rings. The highest BCUT2D eigenvalue weighted by molar-refractivity contribution is 7.89. The third-order valence-corrected chi connectivity index (χ3v) is 15.5. The zero-order valence-electron chi connectivity index (χ0n) is 30.9. The van der Waals surface area contributed by atoms with Crippen molar-refractivity contribution in [2.24, 2.45) is 0 Å². The quantitative estimate of drug-likeness (QED) is 0.277. The second kappa shape index (κ2) is 11.4. The molecule has 0 spiro atoms. The zero-order chi connectivity index (χ0) is 36.4. The van der Waals surface area contributed by atoms with Crippen LogP contribution < -0.4 is 15.1 Å². The molecule has 0 radical (unpaired) electrons. The Labute approximate surface area is 307 Å². The lowest BCUT2D eigenvalue weighted by molar-refractivity contribution is -0.121. The lowest BCUT2D eigenvalue weighted by Gasteiger charge is -2.49. The Kier molecular flexibility index (Phi) is 7.36. The predicted octanol–water partition coefficient (Wildman–Crippen LogP) is 5.34. The van der Waals surface area contributed by atoms with Crippen molar-refractivity contribution in [3.05, 3.63) is 119 Å². The minimum atomic E-state index is -3.79. The van der Waals surface area contributed by atoms with E-state index in [4.69, 9.17) is 0 Å². The molecule has 52 heavy (non-hydrogen) atoms. The minimum absolute atomic E-state index is 0.0170. The summed E-state index contributed by atoms with van der Waals surface area (Å²) >= 11 is 0. The number of hydrogen-bond donors (Lipinski definition) is 1. The first-order valence-corrected chi connectivity index (χ1v) is 19.9. The van der Waals surface area contributed by atoms with Gasteiger partial charge in [-0.1, -0.05) is 72.3 Å². The number of nitrogens with one attached hydrogen (secondary N) is 1. The van der Waals surface area contributed by atoms with E-state index in [2.05, 4.69) is 89.7 Å². The maximum Gasteiger partial charge on any atom is 0.242 e. The van der Waals surface area contributed by atoms with Crippen molar-refractivity contribution >= 4 is 33.0 Å². The fourth-order valence-electron chi connectivity index (χ4n) is 11.3. The number of carbonyl (C=O) groups is 1. The van der Waals surface area contributed by atoms with E-state index in [1.807, 2.05) is 44.3 Å². The number of hydrogen-bond acceptors (Lipinski definition) is 7. The number of benzene rings is 4. The van der Waals surface area contributed by atoms with Gasteiger partial charge in [0.05, 0.1) is 17.2 Å². The van der Waals surface area contributed by atoms with Gasteiger partial charge in [0.1, 0.15) is 5.41 Å². The number of anilines is 3. The molecule has 1 N–H and O–H groups in total. The number of rotatable bonds is 7.